The van der Waals surface area contributed by atoms with Gasteiger partial charge in [-0.3, -0.25) is 0 Å². The van der Waals surface area contributed by atoms with Crippen molar-refractivity contribution in [2.75, 3.05) is 19.8 Å². The summed E-state index contributed by atoms with van der Waals surface area (Å²) in [6.07, 6.45) is 3.46. The molecule has 0 unspecified atom stereocenters. The number of carbonyl (C=O) groups is 1. The summed E-state index contributed by atoms with van der Waals surface area (Å²) >= 11 is 0. The fraction of sp³-hybridized carbons (Fsp3) is 0.750. The van der Waals surface area contributed by atoms with Crippen molar-refractivity contribution >= 4 is 5.97 Å². The number of hydrogen-bond acceptors (Lipinski definition) is 4. The molecule has 0 atom stereocenters. The molecule has 0 heterocycles. The van der Waals surface area contributed by atoms with Crippen molar-refractivity contribution in [2.45, 2.75) is 40.0 Å². The van der Waals surface area contributed by atoms with Gasteiger partial charge in [-0.1, -0.05) is 27.4 Å². The minimum absolute atomic E-state index is 0. The Bertz CT molecular complexity index is 116. The van der Waals surface area contributed by atoms with Crippen LogP contribution >= 0.6 is 0 Å². The Morgan fingerprint density at radius 2 is 1.06 bits per heavy atom. The van der Waals surface area contributed by atoms with Gasteiger partial charge in [0, 0.05) is 52.1 Å². The number of aliphatic hydroxyl groups is 3. The molecule has 0 aliphatic carbocycles. The van der Waals surface area contributed by atoms with Gasteiger partial charge in [0.05, 0.1) is 0 Å². The molecule has 6 heteroatoms. The molecule has 0 aliphatic heterocycles. The number of hydrogen-bond donors (Lipinski definition) is 4. The summed E-state index contributed by atoms with van der Waals surface area (Å²) in [4.78, 5) is 9.25. The van der Waals surface area contributed by atoms with Gasteiger partial charge in [-0.05, 0) is 19.3 Å². The van der Waals surface area contributed by atoms with Crippen LogP contribution in [0.15, 0.2) is 12.7 Å². The molecule has 0 aliphatic rings. The fourth-order valence-corrected chi connectivity index (χ4v) is 0. The maximum Gasteiger partial charge on any atom is 0.327 e. The summed E-state index contributed by atoms with van der Waals surface area (Å²) in [5.41, 5.74) is 0. The predicted molar refractivity (Wildman–Crippen MR) is 70.0 cm³/mol. The van der Waals surface area contributed by atoms with Crippen molar-refractivity contribution in [3.8, 4) is 0 Å². The molecule has 4 N–H and O–H groups in total. The number of aliphatic hydroxyl groups excluding tert-OH is 3. The molecule has 18 heavy (non-hydrogen) atoms. The zero-order valence-electron chi connectivity index (χ0n) is 11.7. The van der Waals surface area contributed by atoms with Gasteiger partial charge in [-0.15, -0.1) is 0 Å². The molecule has 0 aromatic carbocycles. The summed E-state index contributed by atoms with van der Waals surface area (Å²) in [6.45, 7) is 9.71. The number of carboxylic acids is 1. The van der Waals surface area contributed by atoms with Crippen molar-refractivity contribution in [2.24, 2.45) is 0 Å². The van der Waals surface area contributed by atoms with Crippen LogP contribution in [0.3, 0.4) is 0 Å². The van der Waals surface area contributed by atoms with E-state index in [1.165, 1.54) is 0 Å². The van der Waals surface area contributed by atoms with Crippen LogP contribution < -0.4 is 0 Å². The van der Waals surface area contributed by atoms with Gasteiger partial charge in [0.25, 0.3) is 0 Å². The van der Waals surface area contributed by atoms with E-state index < -0.39 is 5.97 Å². The summed E-state index contributed by atoms with van der Waals surface area (Å²) in [7, 11) is 0. The topological polar surface area (TPSA) is 98.0 Å². The summed E-state index contributed by atoms with van der Waals surface area (Å²) < 4.78 is 0. The molecular formula is C12H28O5Zr. The maximum absolute atomic E-state index is 9.25. The molecule has 0 saturated carbocycles. The van der Waals surface area contributed by atoms with Crippen LogP contribution in [-0.2, 0) is 31.0 Å². The standard InChI is InChI=1S/C3H4O2.3C3H8O.Zr/c1-2-3(4)5;3*1-2-3-4;/h2H,1H2,(H,4,5);3*4H,2-3H2,1H3;. The first-order chi connectivity index (χ1) is 8.01. The van der Waals surface area contributed by atoms with Crippen LogP contribution in [0.1, 0.15) is 40.0 Å². The average molecular weight is 344 g/mol. The number of carboxylic acid groups (broad SMARTS) is 1. The minimum atomic E-state index is -0.981. The Morgan fingerprint density at radius 1 is 0.944 bits per heavy atom. The molecule has 5 nitrogen and oxygen atoms in total. The molecule has 110 valence electrons. The van der Waals surface area contributed by atoms with E-state index in [1.807, 2.05) is 20.8 Å². The predicted octanol–water partition coefficient (Wildman–Crippen LogP) is 1.42. The van der Waals surface area contributed by atoms with Crippen LogP contribution in [-0.4, -0.2) is 46.2 Å². The van der Waals surface area contributed by atoms with E-state index in [2.05, 4.69) is 6.58 Å². The van der Waals surface area contributed by atoms with Crippen molar-refractivity contribution in [1.29, 1.82) is 0 Å². The SMILES string of the molecule is C=CC(=O)O.CCCO.CCCO.CCCO.[Zr]. The van der Waals surface area contributed by atoms with Crippen LogP contribution in [0.4, 0.5) is 0 Å². The van der Waals surface area contributed by atoms with E-state index in [1.54, 1.807) is 0 Å². The third kappa shape index (κ3) is 145. The average Bonchev–Trinajstić information content (AvgIpc) is 2.39. The van der Waals surface area contributed by atoms with Gasteiger partial charge in [-0.25, -0.2) is 4.79 Å². The first kappa shape index (κ1) is 30.8. The van der Waals surface area contributed by atoms with Gasteiger partial charge < -0.3 is 20.4 Å². The second kappa shape index (κ2) is 43.5. The molecule has 0 radical (unpaired) electrons. The molecule has 0 spiro atoms. The molecule has 0 aromatic rings. The molecular weight excluding hydrogens is 315 g/mol. The molecule has 0 rings (SSSR count). The van der Waals surface area contributed by atoms with Gasteiger partial charge in [0.15, 0.2) is 0 Å². The molecule has 0 amide bonds. The Kier molecular flexibility index (Phi) is 74.4. The zero-order chi connectivity index (χ0) is 14.5. The van der Waals surface area contributed by atoms with E-state index >= 15 is 0 Å². The Morgan fingerprint density at radius 3 is 1.06 bits per heavy atom. The summed E-state index contributed by atoms with van der Waals surface area (Å²) in [5.74, 6) is -0.981. The van der Waals surface area contributed by atoms with Crippen LogP contribution in [0, 0.1) is 0 Å². The second-order valence-corrected chi connectivity index (χ2v) is 2.71. The van der Waals surface area contributed by atoms with Crippen molar-refractivity contribution in [1.82, 2.24) is 0 Å². The van der Waals surface area contributed by atoms with Crippen LogP contribution in [0.2, 0.25) is 0 Å². The number of rotatable bonds is 4. The summed E-state index contributed by atoms with van der Waals surface area (Å²) in [5, 5.41) is 31.2. The van der Waals surface area contributed by atoms with Gasteiger partial charge in [0.2, 0.25) is 0 Å². The monoisotopic (exact) mass is 342 g/mol. The van der Waals surface area contributed by atoms with Crippen LogP contribution in [0.5, 0.6) is 0 Å². The molecule has 0 fully saturated rings. The van der Waals surface area contributed by atoms with Crippen molar-refractivity contribution in [3.05, 3.63) is 12.7 Å². The first-order valence-corrected chi connectivity index (χ1v) is 5.69. The first-order valence-electron chi connectivity index (χ1n) is 5.69. The van der Waals surface area contributed by atoms with E-state index in [4.69, 9.17) is 20.4 Å². The smallest absolute Gasteiger partial charge is 0.327 e. The molecule has 0 saturated heterocycles. The zero-order valence-corrected chi connectivity index (χ0v) is 14.2. The second-order valence-electron chi connectivity index (χ2n) is 2.71. The van der Waals surface area contributed by atoms with Crippen LogP contribution in [0.25, 0.3) is 0 Å². The van der Waals surface area contributed by atoms with Gasteiger partial charge >= 0.3 is 5.97 Å². The summed E-state index contributed by atoms with van der Waals surface area (Å²) in [6, 6.07) is 0. The molecule has 0 aromatic heterocycles. The van der Waals surface area contributed by atoms with Crippen molar-refractivity contribution < 1.29 is 51.4 Å². The fourth-order valence-electron chi connectivity index (χ4n) is 0. The van der Waals surface area contributed by atoms with Gasteiger partial charge in [0.1, 0.15) is 0 Å². The Labute approximate surface area is 130 Å². The van der Waals surface area contributed by atoms with Crippen molar-refractivity contribution in [3.63, 3.8) is 0 Å². The quantitative estimate of drug-likeness (QED) is 0.579. The third-order valence-corrected chi connectivity index (χ3v) is 0.845. The van der Waals surface area contributed by atoms with E-state index in [0.29, 0.717) is 19.8 Å². The third-order valence-electron chi connectivity index (χ3n) is 0.845. The number of aliphatic carboxylic acids is 1. The van der Waals surface area contributed by atoms with E-state index in [0.717, 1.165) is 25.3 Å². The minimum Gasteiger partial charge on any atom is -0.478 e. The van der Waals surface area contributed by atoms with Gasteiger partial charge in [-0.2, -0.15) is 0 Å². The molecule has 0 bridgehead atoms. The Balaban J connectivity index is -0.0000000412. The maximum atomic E-state index is 9.25. The normalized spacial score (nSPS) is 6.78. The Hall–Kier alpha value is -0.0269. The van der Waals surface area contributed by atoms with E-state index in [-0.39, 0.29) is 26.2 Å². The van der Waals surface area contributed by atoms with E-state index in [9.17, 15) is 4.79 Å². The largest absolute Gasteiger partial charge is 0.478 e.